The molecule has 0 radical (unpaired) electrons. The molecule has 1 N–H and O–H groups in total. The molecule has 0 bridgehead atoms. The van der Waals surface area contributed by atoms with Crippen molar-refractivity contribution in [1.29, 1.82) is 0 Å². The van der Waals surface area contributed by atoms with Gasteiger partial charge < -0.3 is 9.30 Å². The van der Waals surface area contributed by atoms with E-state index in [2.05, 4.69) is 9.71 Å². The number of amides is 1. The van der Waals surface area contributed by atoms with Gasteiger partial charge in [-0.05, 0) is 36.4 Å². The average molecular weight is 386 g/mol. The van der Waals surface area contributed by atoms with E-state index < -0.39 is 16.1 Å². The summed E-state index contributed by atoms with van der Waals surface area (Å²) in [6.45, 7) is 0. The van der Waals surface area contributed by atoms with Crippen molar-refractivity contribution < 1.29 is 17.9 Å². The van der Waals surface area contributed by atoms with E-state index in [1.165, 1.54) is 41.7 Å². The third kappa shape index (κ3) is 4.45. The van der Waals surface area contributed by atoms with Gasteiger partial charge >= 0.3 is 6.09 Å². The highest BCUT2D eigenvalue weighted by molar-refractivity contribution is 7.92. The first-order valence-corrected chi connectivity index (χ1v) is 9.45. The van der Waals surface area contributed by atoms with E-state index in [9.17, 15) is 13.2 Å². The molecular formula is C18H18N4O4S. The summed E-state index contributed by atoms with van der Waals surface area (Å²) in [5.74, 6) is 0.295. The Morgan fingerprint density at radius 3 is 2.37 bits per heavy atom. The van der Waals surface area contributed by atoms with Crippen molar-refractivity contribution in [1.82, 2.24) is 9.55 Å². The fourth-order valence-electron chi connectivity index (χ4n) is 2.25. The molecule has 27 heavy (non-hydrogen) atoms. The van der Waals surface area contributed by atoms with Crippen LogP contribution in [0.25, 0.3) is 0 Å². The molecule has 0 aliphatic heterocycles. The molecule has 0 fully saturated rings. The summed E-state index contributed by atoms with van der Waals surface area (Å²) in [5.41, 5.74) is 1.03. The molecule has 0 spiro atoms. The number of rotatable bonds is 5. The van der Waals surface area contributed by atoms with Crippen LogP contribution in [-0.4, -0.2) is 31.1 Å². The van der Waals surface area contributed by atoms with Crippen LogP contribution in [0.5, 0.6) is 5.75 Å². The molecule has 0 saturated heterocycles. The van der Waals surface area contributed by atoms with Gasteiger partial charge in [0.2, 0.25) is 0 Å². The monoisotopic (exact) mass is 386 g/mol. The molecule has 0 saturated carbocycles. The van der Waals surface area contributed by atoms with Crippen molar-refractivity contribution in [2.24, 2.45) is 7.05 Å². The Bertz CT molecular complexity index is 1030. The van der Waals surface area contributed by atoms with Gasteiger partial charge in [0, 0.05) is 31.7 Å². The van der Waals surface area contributed by atoms with Crippen molar-refractivity contribution in [3.8, 4) is 5.75 Å². The van der Waals surface area contributed by atoms with Crippen LogP contribution >= 0.6 is 0 Å². The number of imidazole rings is 1. The Hall–Kier alpha value is -3.33. The van der Waals surface area contributed by atoms with Gasteiger partial charge in [0.25, 0.3) is 10.0 Å². The number of nitrogens with zero attached hydrogens (tertiary/aromatic N) is 3. The van der Waals surface area contributed by atoms with E-state index in [0.29, 0.717) is 17.1 Å². The van der Waals surface area contributed by atoms with E-state index in [1.54, 1.807) is 30.8 Å². The molecule has 3 rings (SSSR count). The molecule has 2 aromatic carbocycles. The largest absolute Gasteiger partial charge is 0.419 e. The smallest absolute Gasteiger partial charge is 0.410 e. The lowest BCUT2D eigenvalue weighted by atomic mass is 10.3. The molecule has 0 unspecified atom stereocenters. The maximum absolute atomic E-state index is 12.2. The number of aromatic nitrogens is 2. The van der Waals surface area contributed by atoms with E-state index >= 15 is 0 Å². The van der Waals surface area contributed by atoms with E-state index in [1.807, 2.05) is 18.2 Å². The summed E-state index contributed by atoms with van der Waals surface area (Å²) >= 11 is 0. The van der Waals surface area contributed by atoms with Gasteiger partial charge in [-0.25, -0.2) is 9.78 Å². The van der Waals surface area contributed by atoms with Crippen molar-refractivity contribution >= 4 is 27.5 Å². The van der Waals surface area contributed by atoms with Crippen LogP contribution in [0, 0.1) is 0 Å². The first-order chi connectivity index (χ1) is 12.8. The highest BCUT2D eigenvalue weighted by Crippen LogP contribution is 2.20. The van der Waals surface area contributed by atoms with Crippen molar-refractivity contribution in [2.75, 3.05) is 16.7 Å². The van der Waals surface area contributed by atoms with Crippen LogP contribution in [0.4, 0.5) is 16.2 Å². The number of benzene rings is 2. The second-order valence-electron chi connectivity index (χ2n) is 5.77. The van der Waals surface area contributed by atoms with Gasteiger partial charge in [-0.15, -0.1) is 0 Å². The number of anilines is 2. The van der Waals surface area contributed by atoms with Gasteiger partial charge in [-0.2, -0.15) is 8.42 Å². The molecule has 8 nitrogen and oxygen atoms in total. The fraction of sp³-hybridized carbons (Fsp3) is 0.111. The zero-order chi connectivity index (χ0) is 19.4. The summed E-state index contributed by atoms with van der Waals surface area (Å²) in [6, 6.07) is 15.1. The van der Waals surface area contributed by atoms with Gasteiger partial charge in [0.05, 0.1) is 6.33 Å². The molecule has 1 amide bonds. The van der Waals surface area contributed by atoms with Crippen LogP contribution < -0.4 is 14.4 Å². The number of aryl methyl sites for hydroxylation is 1. The maximum atomic E-state index is 12.2. The molecule has 0 atom stereocenters. The Labute approximate surface area is 157 Å². The molecule has 1 aromatic heterocycles. The quantitative estimate of drug-likeness (QED) is 0.728. The highest BCUT2D eigenvalue weighted by atomic mass is 32.2. The third-order valence-corrected chi connectivity index (χ3v) is 4.95. The van der Waals surface area contributed by atoms with Crippen LogP contribution in [0.15, 0.2) is 72.1 Å². The predicted molar refractivity (Wildman–Crippen MR) is 101 cm³/mol. The summed E-state index contributed by atoms with van der Waals surface area (Å²) in [4.78, 5) is 17.4. The van der Waals surface area contributed by atoms with Crippen LogP contribution in [0.2, 0.25) is 0 Å². The van der Waals surface area contributed by atoms with E-state index in [0.717, 1.165) is 0 Å². The van der Waals surface area contributed by atoms with E-state index in [-0.39, 0.29) is 5.03 Å². The number of hydrogen-bond acceptors (Lipinski definition) is 5. The second-order valence-corrected chi connectivity index (χ2v) is 7.40. The molecule has 0 aliphatic rings. The fourth-order valence-corrected chi connectivity index (χ4v) is 3.29. The summed E-state index contributed by atoms with van der Waals surface area (Å²) in [6.07, 6.45) is 2.25. The average Bonchev–Trinajstić information content (AvgIpc) is 3.10. The number of ether oxygens (including phenoxy) is 1. The molecule has 9 heteroatoms. The summed E-state index contributed by atoms with van der Waals surface area (Å²) < 4.78 is 33.8. The summed E-state index contributed by atoms with van der Waals surface area (Å²) in [5, 5.41) is -0.0787. The SMILES string of the molecule is CN(C(=O)Oc1ccc(NS(=O)(=O)c2cn(C)cn2)cc1)c1ccccc1. The molecule has 3 aromatic rings. The minimum Gasteiger partial charge on any atom is -0.410 e. The third-order valence-electron chi connectivity index (χ3n) is 3.69. The number of hydrogen-bond donors (Lipinski definition) is 1. The standard InChI is InChI=1S/C18H18N4O4S/c1-21-12-17(19-13-21)27(24,25)20-14-8-10-16(11-9-14)26-18(23)22(2)15-6-4-3-5-7-15/h3-13,20H,1-2H3. The highest BCUT2D eigenvalue weighted by Gasteiger charge is 2.17. The zero-order valence-corrected chi connectivity index (χ0v) is 15.6. The predicted octanol–water partition coefficient (Wildman–Crippen LogP) is 2.86. The van der Waals surface area contributed by atoms with Crippen LogP contribution in [0.3, 0.4) is 0 Å². The van der Waals surface area contributed by atoms with Gasteiger partial charge in [-0.1, -0.05) is 18.2 Å². The number of carbonyl (C=O) groups excluding carboxylic acids is 1. The lowest BCUT2D eigenvalue weighted by Gasteiger charge is -2.16. The van der Waals surface area contributed by atoms with Crippen LogP contribution in [-0.2, 0) is 17.1 Å². The van der Waals surface area contributed by atoms with Crippen molar-refractivity contribution in [2.45, 2.75) is 5.03 Å². The maximum Gasteiger partial charge on any atom is 0.419 e. The normalized spacial score (nSPS) is 11.0. The number of carbonyl (C=O) groups is 1. The number of sulfonamides is 1. The molecular weight excluding hydrogens is 368 g/mol. The Morgan fingerprint density at radius 1 is 1.11 bits per heavy atom. The van der Waals surface area contributed by atoms with E-state index in [4.69, 9.17) is 4.74 Å². The summed E-state index contributed by atoms with van der Waals surface area (Å²) in [7, 11) is -0.489. The lowest BCUT2D eigenvalue weighted by Crippen LogP contribution is -2.29. The topological polar surface area (TPSA) is 93.5 Å². The molecule has 1 heterocycles. The molecule has 140 valence electrons. The van der Waals surface area contributed by atoms with Crippen molar-refractivity contribution in [3.05, 3.63) is 67.1 Å². The first-order valence-electron chi connectivity index (χ1n) is 7.96. The van der Waals surface area contributed by atoms with Gasteiger partial charge in [-0.3, -0.25) is 9.62 Å². The lowest BCUT2D eigenvalue weighted by molar-refractivity contribution is 0.209. The Kier molecular flexibility index (Phi) is 5.13. The van der Waals surface area contributed by atoms with Crippen molar-refractivity contribution in [3.63, 3.8) is 0 Å². The minimum absolute atomic E-state index is 0.0787. The second kappa shape index (κ2) is 7.50. The zero-order valence-electron chi connectivity index (χ0n) is 14.7. The van der Waals surface area contributed by atoms with Gasteiger partial charge in [0.15, 0.2) is 5.03 Å². The number of para-hydroxylation sites is 1. The first kappa shape index (κ1) is 18.5. The Balaban J connectivity index is 1.66. The minimum atomic E-state index is -3.78. The van der Waals surface area contributed by atoms with Crippen LogP contribution in [0.1, 0.15) is 0 Å². The number of nitrogens with one attached hydrogen (secondary N) is 1. The Morgan fingerprint density at radius 2 is 1.78 bits per heavy atom. The van der Waals surface area contributed by atoms with Gasteiger partial charge in [0.1, 0.15) is 5.75 Å². The molecule has 0 aliphatic carbocycles.